The average Bonchev–Trinajstić information content (AvgIpc) is 3.60. The van der Waals surface area contributed by atoms with Crippen LogP contribution in [0.4, 0.5) is 0 Å². The molecule has 1 aromatic carbocycles. The maximum Gasteiger partial charge on any atom is 0.326 e. The minimum absolute atomic E-state index is 0.169. The van der Waals surface area contributed by atoms with E-state index in [0.717, 1.165) is 22.9 Å². The van der Waals surface area contributed by atoms with Gasteiger partial charge in [-0.25, -0.2) is 4.79 Å². The van der Waals surface area contributed by atoms with E-state index in [1.807, 2.05) is 24.3 Å². The Kier molecular flexibility index (Phi) is 11.9. The maximum absolute atomic E-state index is 13.7. The first kappa shape index (κ1) is 31.1. The number of fused-ring (bicyclic) bond motifs is 1. The van der Waals surface area contributed by atoms with Gasteiger partial charge in [-0.05, 0) is 69.7 Å². The summed E-state index contributed by atoms with van der Waals surface area (Å²) in [5.74, 6) is -2.50. The molecule has 1 aliphatic rings. The highest BCUT2D eigenvalue weighted by Gasteiger charge is 2.38. The topological polar surface area (TPSA) is 210 Å². The normalized spacial score (nSPS) is 17.4. The van der Waals surface area contributed by atoms with E-state index in [0.29, 0.717) is 64.6 Å². The number of carbonyl (C=O) groups is 4. The van der Waals surface area contributed by atoms with E-state index in [2.05, 4.69) is 15.6 Å². The molecule has 2 aromatic rings. The maximum atomic E-state index is 13.7. The van der Waals surface area contributed by atoms with Gasteiger partial charge in [0, 0.05) is 30.1 Å². The van der Waals surface area contributed by atoms with Gasteiger partial charge < -0.3 is 42.8 Å². The predicted molar refractivity (Wildman–Crippen MR) is 152 cm³/mol. The molecule has 4 unspecified atom stereocenters. The van der Waals surface area contributed by atoms with Crippen molar-refractivity contribution in [3.8, 4) is 0 Å². The molecule has 0 bridgehead atoms. The highest BCUT2D eigenvalue weighted by Crippen LogP contribution is 2.21. The zero-order valence-electron chi connectivity index (χ0n) is 22.9. The summed E-state index contributed by atoms with van der Waals surface area (Å²) < 4.78 is 0. The molecule has 220 valence electrons. The summed E-state index contributed by atoms with van der Waals surface area (Å²) in [6.07, 6.45) is 6.28. The smallest absolute Gasteiger partial charge is 0.326 e. The van der Waals surface area contributed by atoms with E-state index in [9.17, 15) is 24.3 Å². The number of aromatic amines is 1. The van der Waals surface area contributed by atoms with Gasteiger partial charge in [-0.15, -0.1) is 0 Å². The first-order chi connectivity index (χ1) is 19.3. The number of hydrogen-bond acceptors (Lipinski definition) is 7. The van der Waals surface area contributed by atoms with Crippen LogP contribution in [0.3, 0.4) is 0 Å². The Morgan fingerprint density at radius 2 is 1.65 bits per heavy atom. The first-order valence-corrected chi connectivity index (χ1v) is 14.1. The second-order valence-electron chi connectivity index (χ2n) is 10.4. The van der Waals surface area contributed by atoms with Gasteiger partial charge in [0.25, 0.3) is 0 Å². The number of carbonyl (C=O) groups excluding carboxylic acids is 3. The Hall–Kier alpha value is -3.48. The third kappa shape index (κ3) is 8.26. The van der Waals surface area contributed by atoms with Gasteiger partial charge in [0.1, 0.15) is 18.1 Å². The van der Waals surface area contributed by atoms with Crippen molar-refractivity contribution >= 4 is 34.6 Å². The van der Waals surface area contributed by atoms with Gasteiger partial charge in [-0.1, -0.05) is 24.6 Å². The summed E-state index contributed by atoms with van der Waals surface area (Å²) in [6.45, 7) is 1.24. The number of carboxylic acid groups (broad SMARTS) is 1. The molecule has 1 aliphatic heterocycles. The van der Waals surface area contributed by atoms with Gasteiger partial charge in [0.15, 0.2) is 0 Å². The van der Waals surface area contributed by atoms with Crippen LogP contribution >= 0.6 is 0 Å². The van der Waals surface area contributed by atoms with E-state index in [4.69, 9.17) is 17.2 Å². The Labute approximate surface area is 234 Å². The molecule has 1 saturated heterocycles. The van der Waals surface area contributed by atoms with Crippen LogP contribution in [-0.4, -0.2) is 82.5 Å². The highest BCUT2D eigenvalue weighted by atomic mass is 16.4. The lowest BCUT2D eigenvalue weighted by atomic mass is 10.0. The molecule has 3 amide bonds. The Balaban J connectivity index is 1.82. The summed E-state index contributed by atoms with van der Waals surface area (Å²) >= 11 is 0. The third-order valence-corrected chi connectivity index (χ3v) is 7.42. The van der Waals surface area contributed by atoms with Crippen molar-refractivity contribution in [3.63, 3.8) is 0 Å². The lowest BCUT2D eigenvalue weighted by Gasteiger charge is -2.29. The molecule has 12 heteroatoms. The summed E-state index contributed by atoms with van der Waals surface area (Å²) in [5.41, 5.74) is 19.0. The van der Waals surface area contributed by atoms with Crippen LogP contribution in [0.2, 0.25) is 0 Å². The van der Waals surface area contributed by atoms with Crippen molar-refractivity contribution < 1.29 is 24.3 Å². The molecule has 12 nitrogen and oxygen atoms in total. The summed E-state index contributed by atoms with van der Waals surface area (Å²) in [5, 5.41) is 16.1. The number of aliphatic carboxylic acids is 1. The van der Waals surface area contributed by atoms with E-state index in [-0.39, 0.29) is 6.42 Å². The Bertz CT molecular complexity index is 1150. The van der Waals surface area contributed by atoms with E-state index < -0.39 is 47.9 Å². The van der Waals surface area contributed by atoms with Crippen molar-refractivity contribution in [1.29, 1.82) is 0 Å². The number of rotatable bonds is 16. The number of benzene rings is 1. The van der Waals surface area contributed by atoms with Crippen LogP contribution in [0, 0.1) is 0 Å². The van der Waals surface area contributed by atoms with Gasteiger partial charge in [-0.2, -0.15) is 0 Å². The van der Waals surface area contributed by atoms with Crippen molar-refractivity contribution in [1.82, 2.24) is 20.5 Å². The number of H-pyrrole nitrogens is 1. The SMILES string of the molecule is NCCCCC(N)C(=O)NC(Cc1c[nH]c2ccccc12)C(=O)NC(CCCCN)C(=O)N1CCCC1C(=O)O. The number of unbranched alkanes of at least 4 members (excludes halogenated alkanes) is 2. The van der Waals surface area contributed by atoms with E-state index in [1.54, 1.807) is 6.20 Å². The second-order valence-corrected chi connectivity index (χ2v) is 10.4. The van der Waals surface area contributed by atoms with Crippen LogP contribution in [-0.2, 0) is 25.6 Å². The Morgan fingerprint density at radius 3 is 2.35 bits per heavy atom. The second kappa shape index (κ2) is 15.3. The lowest BCUT2D eigenvalue weighted by molar-refractivity contribution is -0.149. The molecule has 2 heterocycles. The van der Waals surface area contributed by atoms with Crippen LogP contribution in [0.5, 0.6) is 0 Å². The summed E-state index contributed by atoms with van der Waals surface area (Å²) in [6, 6.07) is 3.94. The molecule has 0 saturated carbocycles. The fourth-order valence-corrected chi connectivity index (χ4v) is 5.16. The average molecular weight is 558 g/mol. The minimum Gasteiger partial charge on any atom is -0.480 e. The van der Waals surface area contributed by atoms with Crippen LogP contribution in [0.1, 0.15) is 56.9 Å². The van der Waals surface area contributed by atoms with Crippen molar-refractivity contribution in [2.75, 3.05) is 19.6 Å². The van der Waals surface area contributed by atoms with Crippen LogP contribution in [0.15, 0.2) is 30.5 Å². The molecule has 40 heavy (non-hydrogen) atoms. The number of amides is 3. The number of likely N-dealkylation sites (tertiary alicyclic amines) is 1. The highest BCUT2D eigenvalue weighted by molar-refractivity contribution is 5.95. The number of para-hydroxylation sites is 1. The zero-order valence-corrected chi connectivity index (χ0v) is 22.9. The largest absolute Gasteiger partial charge is 0.480 e. The molecule has 1 fully saturated rings. The molecule has 0 radical (unpaired) electrons. The van der Waals surface area contributed by atoms with Gasteiger partial charge in [-0.3, -0.25) is 14.4 Å². The number of carboxylic acids is 1. The molecule has 1 aromatic heterocycles. The van der Waals surface area contributed by atoms with Crippen LogP contribution < -0.4 is 27.8 Å². The van der Waals surface area contributed by atoms with Crippen molar-refractivity contribution in [2.45, 2.75) is 82.0 Å². The van der Waals surface area contributed by atoms with Gasteiger partial charge >= 0.3 is 5.97 Å². The first-order valence-electron chi connectivity index (χ1n) is 14.1. The number of nitrogens with one attached hydrogen (secondary N) is 3. The van der Waals surface area contributed by atoms with E-state index >= 15 is 0 Å². The standard InChI is InChI=1S/C28H43N7O5/c29-13-5-3-9-20(31)25(36)34-23(16-18-17-32-21-10-2-1-8-19(18)21)26(37)33-22(11-4-6-14-30)27(38)35-15-7-12-24(35)28(39)40/h1-2,8,10,17,20,22-24,32H,3-7,9,11-16,29-31H2,(H,33,37)(H,34,36)(H,39,40). The number of nitrogens with two attached hydrogens (primary N) is 3. The fraction of sp³-hybridized carbons (Fsp3) is 0.571. The van der Waals surface area contributed by atoms with Crippen LogP contribution in [0.25, 0.3) is 10.9 Å². The lowest BCUT2D eigenvalue weighted by Crippen LogP contribution is -2.57. The minimum atomic E-state index is -1.06. The third-order valence-electron chi connectivity index (χ3n) is 7.42. The fourth-order valence-electron chi connectivity index (χ4n) is 5.16. The van der Waals surface area contributed by atoms with Crippen molar-refractivity contribution in [3.05, 3.63) is 36.0 Å². The van der Waals surface area contributed by atoms with Gasteiger partial charge in [0.2, 0.25) is 17.7 Å². The molecule has 4 atom stereocenters. The number of hydrogen-bond donors (Lipinski definition) is 7. The van der Waals surface area contributed by atoms with Crippen molar-refractivity contribution in [2.24, 2.45) is 17.2 Å². The molecular weight excluding hydrogens is 514 g/mol. The molecule has 3 rings (SSSR count). The monoisotopic (exact) mass is 557 g/mol. The quantitative estimate of drug-likeness (QED) is 0.143. The van der Waals surface area contributed by atoms with Gasteiger partial charge in [0.05, 0.1) is 6.04 Å². The molecule has 0 aliphatic carbocycles. The zero-order chi connectivity index (χ0) is 29.1. The van der Waals surface area contributed by atoms with E-state index in [1.165, 1.54) is 4.90 Å². The molecule has 0 spiro atoms. The molecule has 10 N–H and O–H groups in total. The number of nitrogens with zero attached hydrogens (tertiary/aromatic N) is 1. The predicted octanol–water partition coefficient (Wildman–Crippen LogP) is 0.341. The summed E-state index contributed by atoms with van der Waals surface area (Å²) in [7, 11) is 0. The summed E-state index contributed by atoms with van der Waals surface area (Å²) in [4.78, 5) is 56.4. The number of aromatic nitrogens is 1. The Morgan fingerprint density at radius 1 is 0.975 bits per heavy atom. The molecular formula is C28H43N7O5.